The van der Waals surface area contributed by atoms with Crippen LogP contribution in [0.25, 0.3) is 0 Å². The van der Waals surface area contributed by atoms with Gasteiger partial charge in [0.15, 0.2) is 0 Å². The van der Waals surface area contributed by atoms with Crippen molar-refractivity contribution in [2.24, 2.45) is 0 Å². The van der Waals surface area contributed by atoms with Crippen LogP contribution in [0.3, 0.4) is 0 Å². The third-order valence-electron chi connectivity index (χ3n) is 3.80. The van der Waals surface area contributed by atoms with Crippen LogP contribution < -0.4 is 5.32 Å². The van der Waals surface area contributed by atoms with Gasteiger partial charge >= 0.3 is 5.97 Å². The third-order valence-corrected chi connectivity index (χ3v) is 3.80. The van der Waals surface area contributed by atoms with E-state index in [0.717, 1.165) is 18.5 Å². The number of aliphatic carboxylic acids is 1. The number of carboxylic acid groups (broad SMARTS) is 1. The molecule has 2 rings (SSSR count). The first-order chi connectivity index (χ1) is 8.53. The largest absolute Gasteiger partial charge is 0.480 e. The molecule has 0 spiro atoms. The van der Waals surface area contributed by atoms with E-state index in [4.69, 9.17) is 0 Å². The summed E-state index contributed by atoms with van der Waals surface area (Å²) in [4.78, 5) is 11.5. The smallest absolute Gasteiger partial charge is 0.329 e. The SMILES string of the molecule is CC(C)c1cccc(NC2(C(=O)O)CCCC2)c1. The Bertz CT molecular complexity index is 434. The van der Waals surface area contributed by atoms with E-state index in [1.54, 1.807) is 0 Å². The van der Waals surface area contributed by atoms with Crippen LogP contribution in [-0.2, 0) is 4.79 Å². The van der Waals surface area contributed by atoms with Crippen molar-refractivity contribution in [1.29, 1.82) is 0 Å². The van der Waals surface area contributed by atoms with Crippen LogP contribution in [0.2, 0.25) is 0 Å². The molecule has 1 aliphatic rings. The van der Waals surface area contributed by atoms with Gasteiger partial charge in [-0.1, -0.05) is 38.8 Å². The maximum Gasteiger partial charge on any atom is 0.329 e. The van der Waals surface area contributed by atoms with Crippen LogP contribution >= 0.6 is 0 Å². The summed E-state index contributed by atoms with van der Waals surface area (Å²) < 4.78 is 0. The minimum absolute atomic E-state index is 0.455. The van der Waals surface area contributed by atoms with E-state index in [1.165, 1.54) is 5.56 Å². The van der Waals surface area contributed by atoms with Crippen LogP contribution in [0.4, 0.5) is 5.69 Å². The number of carbonyl (C=O) groups is 1. The summed E-state index contributed by atoms with van der Waals surface area (Å²) >= 11 is 0. The second kappa shape index (κ2) is 5.01. The average Bonchev–Trinajstić information content (AvgIpc) is 2.79. The van der Waals surface area contributed by atoms with Gasteiger partial charge in [-0.05, 0) is 36.5 Å². The molecule has 3 heteroatoms. The Morgan fingerprint density at radius 1 is 1.33 bits per heavy atom. The molecule has 98 valence electrons. The van der Waals surface area contributed by atoms with Gasteiger partial charge < -0.3 is 10.4 Å². The number of hydrogen-bond acceptors (Lipinski definition) is 2. The van der Waals surface area contributed by atoms with Crippen LogP contribution in [0.1, 0.15) is 51.0 Å². The van der Waals surface area contributed by atoms with Crippen LogP contribution in [0.5, 0.6) is 0 Å². The van der Waals surface area contributed by atoms with Crippen molar-refractivity contribution < 1.29 is 9.90 Å². The standard InChI is InChI=1S/C15H21NO2/c1-11(2)12-6-5-7-13(10-12)16-15(14(17)18)8-3-4-9-15/h5-7,10-11,16H,3-4,8-9H2,1-2H3,(H,17,18). The Morgan fingerprint density at radius 3 is 2.56 bits per heavy atom. The van der Waals surface area contributed by atoms with Gasteiger partial charge in [0, 0.05) is 5.69 Å². The third kappa shape index (κ3) is 2.50. The van der Waals surface area contributed by atoms with Gasteiger partial charge in [-0.15, -0.1) is 0 Å². The fourth-order valence-electron chi connectivity index (χ4n) is 2.62. The van der Waals surface area contributed by atoms with Crippen molar-refractivity contribution >= 4 is 11.7 Å². The molecule has 0 unspecified atom stereocenters. The molecule has 1 aromatic rings. The van der Waals surface area contributed by atoms with Crippen molar-refractivity contribution in [1.82, 2.24) is 0 Å². The van der Waals surface area contributed by atoms with Crippen LogP contribution in [0.15, 0.2) is 24.3 Å². The van der Waals surface area contributed by atoms with E-state index in [-0.39, 0.29) is 0 Å². The molecule has 0 atom stereocenters. The second-order valence-electron chi connectivity index (χ2n) is 5.50. The van der Waals surface area contributed by atoms with E-state index >= 15 is 0 Å². The molecule has 3 nitrogen and oxygen atoms in total. The van der Waals surface area contributed by atoms with Gasteiger partial charge in [0.1, 0.15) is 5.54 Å². The average molecular weight is 247 g/mol. The van der Waals surface area contributed by atoms with E-state index in [2.05, 4.69) is 31.3 Å². The minimum Gasteiger partial charge on any atom is -0.480 e. The predicted octanol–water partition coefficient (Wildman–Crippen LogP) is 3.62. The van der Waals surface area contributed by atoms with Crippen molar-refractivity contribution in [2.75, 3.05) is 5.32 Å². The van der Waals surface area contributed by atoms with Crippen molar-refractivity contribution in [2.45, 2.75) is 51.0 Å². The fraction of sp³-hybridized carbons (Fsp3) is 0.533. The summed E-state index contributed by atoms with van der Waals surface area (Å²) in [6.45, 7) is 4.28. The summed E-state index contributed by atoms with van der Waals surface area (Å²) in [5, 5.41) is 12.7. The van der Waals surface area contributed by atoms with Gasteiger partial charge in [0.05, 0.1) is 0 Å². The molecular formula is C15H21NO2. The Balaban J connectivity index is 2.22. The highest BCUT2D eigenvalue weighted by Crippen LogP contribution is 2.34. The first-order valence-electron chi connectivity index (χ1n) is 6.65. The molecule has 1 fully saturated rings. The predicted molar refractivity (Wildman–Crippen MR) is 73.0 cm³/mol. The highest BCUT2D eigenvalue weighted by atomic mass is 16.4. The Hall–Kier alpha value is -1.51. The van der Waals surface area contributed by atoms with Crippen molar-refractivity contribution in [3.05, 3.63) is 29.8 Å². The number of nitrogens with one attached hydrogen (secondary N) is 1. The molecule has 0 radical (unpaired) electrons. The zero-order valence-electron chi connectivity index (χ0n) is 11.1. The topological polar surface area (TPSA) is 49.3 Å². The lowest BCUT2D eigenvalue weighted by atomic mass is 9.96. The summed E-state index contributed by atoms with van der Waals surface area (Å²) in [6.07, 6.45) is 3.41. The molecular weight excluding hydrogens is 226 g/mol. The van der Waals surface area contributed by atoms with Gasteiger partial charge in [-0.25, -0.2) is 4.79 Å². The van der Waals surface area contributed by atoms with Gasteiger partial charge in [-0.3, -0.25) is 0 Å². The Kier molecular flexibility index (Phi) is 3.60. The summed E-state index contributed by atoms with van der Waals surface area (Å²) in [6, 6.07) is 8.09. The van der Waals surface area contributed by atoms with E-state index in [9.17, 15) is 9.90 Å². The number of hydrogen-bond donors (Lipinski definition) is 2. The minimum atomic E-state index is -0.754. The fourth-order valence-corrected chi connectivity index (χ4v) is 2.62. The molecule has 1 aliphatic carbocycles. The Morgan fingerprint density at radius 2 is 2.00 bits per heavy atom. The molecule has 1 aromatic carbocycles. The van der Waals surface area contributed by atoms with Crippen molar-refractivity contribution in [3.8, 4) is 0 Å². The van der Waals surface area contributed by atoms with E-state index in [1.807, 2.05) is 12.1 Å². The lowest BCUT2D eigenvalue weighted by Crippen LogP contribution is -2.43. The summed E-state index contributed by atoms with van der Waals surface area (Å²) in [5.41, 5.74) is 1.40. The highest BCUT2D eigenvalue weighted by molar-refractivity contribution is 5.83. The first kappa shape index (κ1) is 12.9. The van der Waals surface area contributed by atoms with E-state index < -0.39 is 11.5 Å². The normalized spacial score (nSPS) is 17.9. The maximum atomic E-state index is 11.5. The zero-order valence-corrected chi connectivity index (χ0v) is 11.1. The first-order valence-corrected chi connectivity index (χ1v) is 6.65. The van der Waals surface area contributed by atoms with Crippen molar-refractivity contribution in [3.63, 3.8) is 0 Å². The van der Waals surface area contributed by atoms with Gasteiger partial charge in [-0.2, -0.15) is 0 Å². The summed E-state index contributed by atoms with van der Waals surface area (Å²) in [5.74, 6) is -0.272. The number of carboxylic acids is 1. The molecule has 1 saturated carbocycles. The lowest BCUT2D eigenvalue weighted by molar-refractivity contribution is -0.142. The number of benzene rings is 1. The molecule has 0 aliphatic heterocycles. The molecule has 0 saturated heterocycles. The lowest BCUT2D eigenvalue weighted by Gasteiger charge is -2.27. The molecule has 0 aromatic heterocycles. The highest BCUT2D eigenvalue weighted by Gasteiger charge is 2.41. The van der Waals surface area contributed by atoms with Gasteiger partial charge in [0.2, 0.25) is 0 Å². The molecule has 2 N–H and O–H groups in total. The zero-order chi connectivity index (χ0) is 13.2. The number of anilines is 1. The molecule has 0 amide bonds. The van der Waals surface area contributed by atoms with Gasteiger partial charge in [0.25, 0.3) is 0 Å². The summed E-state index contributed by atoms with van der Waals surface area (Å²) in [7, 11) is 0. The monoisotopic (exact) mass is 247 g/mol. The van der Waals surface area contributed by atoms with E-state index in [0.29, 0.717) is 18.8 Å². The van der Waals surface area contributed by atoms with Crippen LogP contribution in [-0.4, -0.2) is 16.6 Å². The molecule has 0 heterocycles. The second-order valence-corrected chi connectivity index (χ2v) is 5.50. The molecule has 18 heavy (non-hydrogen) atoms. The van der Waals surface area contributed by atoms with Crippen LogP contribution in [0, 0.1) is 0 Å². The quantitative estimate of drug-likeness (QED) is 0.854. The molecule has 0 bridgehead atoms. The number of rotatable bonds is 4. The Labute approximate surface area is 108 Å². The maximum absolute atomic E-state index is 11.5.